The first kappa shape index (κ1) is 8.54. The highest BCUT2D eigenvalue weighted by Gasteiger charge is 2.22. The fraction of sp³-hybridized carbons (Fsp3) is 0.444. The Bertz CT molecular complexity index is 353. The third-order valence-corrected chi connectivity index (χ3v) is 3.18. The predicted octanol–water partition coefficient (Wildman–Crippen LogP) is 1.14. The highest BCUT2D eigenvalue weighted by molar-refractivity contribution is 7.12. The molecule has 1 aliphatic rings. The topological polar surface area (TPSA) is 45.0 Å². The number of ether oxygens (including phenoxy) is 1. The number of nitrogens with zero attached hydrogens (tertiary/aromatic N) is 1. The molecule has 1 aromatic heterocycles. The Labute approximate surface area is 80.9 Å². The number of hydrogen-bond donors (Lipinski definition) is 1. The summed E-state index contributed by atoms with van der Waals surface area (Å²) >= 11 is 1.52. The van der Waals surface area contributed by atoms with Gasteiger partial charge in [0.05, 0.1) is 5.56 Å². The predicted molar refractivity (Wildman–Crippen MR) is 51.1 cm³/mol. The fourth-order valence-corrected chi connectivity index (χ4v) is 2.33. The summed E-state index contributed by atoms with van der Waals surface area (Å²) in [4.78, 5) is 0. The van der Waals surface area contributed by atoms with E-state index >= 15 is 0 Å². The van der Waals surface area contributed by atoms with E-state index in [-0.39, 0.29) is 0 Å². The number of nitriles is 1. The molecule has 13 heavy (non-hydrogen) atoms. The zero-order chi connectivity index (χ0) is 9.26. The third-order valence-electron chi connectivity index (χ3n) is 2.25. The van der Waals surface area contributed by atoms with E-state index in [1.54, 1.807) is 0 Å². The van der Waals surface area contributed by atoms with Crippen LogP contribution in [0.15, 0.2) is 5.38 Å². The summed E-state index contributed by atoms with van der Waals surface area (Å²) in [6.07, 6.45) is 0.901. The Morgan fingerprint density at radius 3 is 3.31 bits per heavy atom. The van der Waals surface area contributed by atoms with Gasteiger partial charge in [0.15, 0.2) is 5.06 Å². The average molecular weight is 194 g/mol. The molecule has 1 atom stereocenters. The van der Waals surface area contributed by atoms with Crippen LogP contribution in [0.2, 0.25) is 0 Å². The van der Waals surface area contributed by atoms with Gasteiger partial charge in [-0.1, -0.05) is 0 Å². The third kappa shape index (κ3) is 1.41. The van der Waals surface area contributed by atoms with Crippen LogP contribution in [0, 0.1) is 11.3 Å². The van der Waals surface area contributed by atoms with E-state index < -0.39 is 0 Å². The summed E-state index contributed by atoms with van der Waals surface area (Å²) in [7, 11) is 1.91. The van der Waals surface area contributed by atoms with Gasteiger partial charge < -0.3 is 10.1 Å². The second-order valence-corrected chi connectivity index (χ2v) is 3.87. The van der Waals surface area contributed by atoms with E-state index in [0.717, 1.165) is 22.6 Å². The van der Waals surface area contributed by atoms with Crippen LogP contribution in [-0.4, -0.2) is 19.7 Å². The summed E-state index contributed by atoms with van der Waals surface area (Å²) < 4.78 is 5.51. The molecular formula is C9H10N2OS. The van der Waals surface area contributed by atoms with Crippen molar-refractivity contribution < 1.29 is 4.74 Å². The SMILES string of the molecule is CNC1COc2scc(C#N)c2C1. The largest absolute Gasteiger partial charge is 0.482 e. The highest BCUT2D eigenvalue weighted by atomic mass is 32.1. The molecule has 1 N–H and O–H groups in total. The first-order valence-electron chi connectivity index (χ1n) is 4.15. The van der Waals surface area contributed by atoms with E-state index in [1.807, 2.05) is 12.4 Å². The van der Waals surface area contributed by atoms with Gasteiger partial charge in [0, 0.05) is 17.0 Å². The molecule has 0 radical (unpaired) electrons. The van der Waals surface area contributed by atoms with Crippen molar-refractivity contribution in [2.75, 3.05) is 13.7 Å². The molecular weight excluding hydrogens is 184 g/mol. The van der Waals surface area contributed by atoms with Crippen molar-refractivity contribution in [3.63, 3.8) is 0 Å². The monoisotopic (exact) mass is 194 g/mol. The van der Waals surface area contributed by atoms with Crippen molar-refractivity contribution in [2.24, 2.45) is 0 Å². The first-order valence-corrected chi connectivity index (χ1v) is 5.03. The van der Waals surface area contributed by atoms with Crippen molar-refractivity contribution in [3.8, 4) is 11.1 Å². The molecule has 0 saturated carbocycles. The van der Waals surface area contributed by atoms with Crippen molar-refractivity contribution in [1.29, 1.82) is 5.26 Å². The summed E-state index contributed by atoms with van der Waals surface area (Å²) in [5.74, 6) is 0. The zero-order valence-electron chi connectivity index (χ0n) is 7.33. The van der Waals surface area contributed by atoms with Gasteiger partial charge in [-0.15, -0.1) is 11.3 Å². The molecule has 2 heterocycles. The molecule has 68 valence electrons. The molecule has 0 fully saturated rings. The van der Waals surface area contributed by atoms with Crippen LogP contribution in [-0.2, 0) is 6.42 Å². The second kappa shape index (κ2) is 3.36. The van der Waals surface area contributed by atoms with Crippen molar-refractivity contribution in [3.05, 3.63) is 16.5 Å². The average Bonchev–Trinajstić information content (AvgIpc) is 2.59. The number of thiophene rings is 1. The Balaban J connectivity index is 2.31. The lowest BCUT2D eigenvalue weighted by atomic mass is 10.0. The Hall–Kier alpha value is -1.05. The van der Waals surface area contributed by atoms with Gasteiger partial charge in [-0.2, -0.15) is 5.26 Å². The molecule has 0 aromatic carbocycles. The van der Waals surface area contributed by atoms with Gasteiger partial charge in [-0.3, -0.25) is 0 Å². The second-order valence-electron chi connectivity index (χ2n) is 3.03. The summed E-state index contributed by atoms with van der Waals surface area (Å²) in [5.41, 5.74) is 1.83. The lowest BCUT2D eigenvalue weighted by Gasteiger charge is -2.22. The summed E-state index contributed by atoms with van der Waals surface area (Å²) in [6, 6.07) is 2.52. The fourth-order valence-electron chi connectivity index (χ4n) is 1.44. The normalized spacial score (nSPS) is 20.2. The van der Waals surface area contributed by atoms with Crippen LogP contribution in [0.4, 0.5) is 0 Å². The van der Waals surface area contributed by atoms with E-state index in [9.17, 15) is 0 Å². The van der Waals surface area contributed by atoms with Gasteiger partial charge >= 0.3 is 0 Å². The maximum atomic E-state index is 8.82. The lowest BCUT2D eigenvalue weighted by Crippen LogP contribution is -2.36. The van der Waals surface area contributed by atoms with E-state index in [0.29, 0.717) is 12.6 Å². The Morgan fingerprint density at radius 2 is 2.62 bits per heavy atom. The van der Waals surface area contributed by atoms with Crippen molar-refractivity contribution >= 4 is 11.3 Å². The molecule has 1 unspecified atom stereocenters. The van der Waals surface area contributed by atoms with E-state index in [2.05, 4.69) is 11.4 Å². The molecule has 0 spiro atoms. The van der Waals surface area contributed by atoms with Gasteiger partial charge in [0.1, 0.15) is 12.7 Å². The van der Waals surface area contributed by atoms with Crippen LogP contribution in [0.1, 0.15) is 11.1 Å². The van der Waals surface area contributed by atoms with Crippen LogP contribution in [0.5, 0.6) is 5.06 Å². The summed E-state index contributed by atoms with van der Waals surface area (Å²) in [6.45, 7) is 0.703. The molecule has 0 bridgehead atoms. The molecule has 2 rings (SSSR count). The molecule has 4 heteroatoms. The Kier molecular flexibility index (Phi) is 2.21. The molecule has 0 saturated heterocycles. The van der Waals surface area contributed by atoms with E-state index in [4.69, 9.17) is 10.00 Å². The lowest BCUT2D eigenvalue weighted by molar-refractivity contribution is 0.253. The zero-order valence-corrected chi connectivity index (χ0v) is 8.15. The molecule has 1 aliphatic heterocycles. The van der Waals surface area contributed by atoms with Crippen LogP contribution < -0.4 is 10.1 Å². The number of likely N-dealkylation sites (N-methyl/N-ethyl adjacent to an activating group) is 1. The Morgan fingerprint density at radius 1 is 1.77 bits per heavy atom. The summed E-state index contributed by atoms with van der Waals surface area (Å²) in [5, 5.41) is 14.8. The number of fused-ring (bicyclic) bond motifs is 1. The van der Waals surface area contributed by atoms with Crippen LogP contribution >= 0.6 is 11.3 Å². The minimum absolute atomic E-state index is 0.342. The smallest absolute Gasteiger partial charge is 0.178 e. The van der Waals surface area contributed by atoms with Crippen molar-refractivity contribution in [1.82, 2.24) is 5.32 Å². The quantitative estimate of drug-likeness (QED) is 0.729. The van der Waals surface area contributed by atoms with Crippen LogP contribution in [0.25, 0.3) is 0 Å². The maximum absolute atomic E-state index is 8.82. The van der Waals surface area contributed by atoms with E-state index in [1.165, 1.54) is 11.3 Å². The van der Waals surface area contributed by atoms with Crippen molar-refractivity contribution in [2.45, 2.75) is 12.5 Å². The minimum Gasteiger partial charge on any atom is -0.482 e. The molecule has 0 aliphatic carbocycles. The molecule has 0 amide bonds. The number of nitrogens with one attached hydrogen (secondary N) is 1. The maximum Gasteiger partial charge on any atom is 0.178 e. The standard InChI is InChI=1S/C9H10N2OS/c1-11-7-2-8-6(3-10)5-13-9(8)12-4-7/h5,7,11H,2,4H2,1H3. The molecule has 1 aromatic rings. The van der Waals surface area contributed by atoms with Gasteiger partial charge in [-0.05, 0) is 13.5 Å². The minimum atomic E-state index is 0.342. The first-order chi connectivity index (χ1) is 6.35. The number of rotatable bonds is 1. The van der Waals surface area contributed by atoms with Gasteiger partial charge in [-0.25, -0.2) is 0 Å². The van der Waals surface area contributed by atoms with Crippen LogP contribution in [0.3, 0.4) is 0 Å². The van der Waals surface area contributed by atoms with Gasteiger partial charge in [0.25, 0.3) is 0 Å². The van der Waals surface area contributed by atoms with Gasteiger partial charge in [0.2, 0.25) is 0 Å². The molecule has 3 nitrogen and oxygen atoms in total. The highest BCUT2D eigenvalue weighted by Crippen LogP contribution is 2.34. The number of hydrogen-bond acceptors (Lipinski definition) is 4.